The molecular formula is C28H62Cl3N8P3. The Kier molecular flexibility index (Phi) is 31.7. The van der Waals surface area contributed by atoms with Gasteiger partial charge in [0.25, 0.3) is 0 Å². The lowest BCUT2D eigenvalue weighted by molar-refractivity contribution is 0.190. The van der Waals surface area contributed by atoms with Gasteiger partial charge in [0.2, 0.25) is 0 Å². The Bertz CT molecular complexity index is 699. The Balaban J connectivity index is -0.000000461. The highest BCUT2D eigenvalue weighted by atomic mass is 35.5. The van der Waals surface area contributed by atoms with E-state index in [-0.39, 0.29) is 17.8 Å². The molecule has 0 aliphatic carbocycles. The van der Waals surface area contributed by atoms with Gasteiger partial charge in [0.1, 0.15) is 0 Å². The van der Waals surface area contributed by atoms with Crippen LogP contribution >= 0.6 is 63.8 Å². The van der Waals surface area contributed by atoms with Gasteiger partial charge in [-0.3, -0.25) is 14.0 Å². The van der Waals surface area contributed by atoms with Gasteiger partial charge in [0, 0.05) is 57.4 Å². The maximum absolute atomic E-state index is 8.76. The van der Waals surface area contributed by atoms with Crippen molar-refractivity contribution in [1.82, 2.24) is 19.3 Å². The summed E-state index contributed by atoms with van der Waals surface area (Å²) >= 11 is 10.9. The smallest absolute Gasteiger partial charge is 0.0687 e. The summed E-state index contributed by atoms with van der Waals surface area (Å²) < 4.78 is 6.50. The van der Waals surface area contributed by atoms with E-state index in [0.29, 0.717) is 29.0 Å². The molecule has 0 spiro atoms. The maximum Gasteiger partial charge on any atom is 0.0687 e. The largest absolute Gasteiger partial charge is 0.330 e. The molecule has 8 nitrogen and oxygen atoms in total. The molecule has 42 heavy (non-hydrogen) atoms. The Morgan fingerprint density at radius 3 is 1.45 bits per heavy atom. The number of nitrogens with two attached hydrogens (primary N) is 2. The molecule has 3 heterocycles. The number of nitrogens with zero attached hydrogens (tertiary/aromatic N) is 5. The van der Waals surface area contributed by atoms with E-state index in [1.54, 1.807) is 0 Å². The highest BCUT2D eigenvalue weighted by Gasteiger charge is 2.28. The molecule has 3 atom stereocenters. The Labute approximate surface area is 282 Å². The molecule has 0 bridgehead atoms. The van der Waals surface area contributed by atoms with E-state index >= 15 is 0 Å². The first kappa shape index (κ1) is 47.3. The van der Waals surface area contributed by atoms with Gasteiger partial charge in [-0.05, 0) is 82.5 Å². The lowest BCUT2D eigenvalue weighted by atomic mass is 9.81. The van der Waals surface area contributed by atoms with Crippen molar-refractivity contribution < 1.29 is 0 Å². The summed E-state index contributed by atoms with van der Waals surface area (Å²) in [7, 11) is 7.99. The molecule has 14 heteroatoms. The number of halogens is 3. The number of piperidine rings is 3. The van der Waals surface area contributed by atoms with Crippen molar-refractivity contribution in [2.75, 3.05) is 77.2 Å². The molecule has 3 rings (SSSR count). The van der Waals surface area contributed by atoms with Crippen molar-refractivity contribution in [3.05, 3.63) is 0 Å². The zero-order chi connectivity index (χ0) is 31.8. The van der Waals surface area contributed by atoms with Gasteiger partial charge in [-0.15, -0.1) is 35.6 Å². The monoisotopic (exact) mass is 708 g/mol. The molecule has 0 aromatic carbocycles. The Hall–Kier alpha value is 0.900. The van der Waals surface area contributed by atoms with E-state index in [0.717, 1.165) is 65.2 Å². The first-order chi connectivity index (χ1) is 19.3. The quantitative estimate of drug-likeness (QED) is 0.245. The summed E-state index contributed by atoms with van der Waals surface area (Å²) in [5, 5.41) is 19.7. The first-order valence-corrected chi connectivity index (χ1v) is 17.4. The fraction of sp³-hybridized carbons (Fsp3) is 0.929. The van der Waals surface area contributed by atoms with Crippen molar-refractivity contribution in [2.45, 2.75) is 72.6 Å². The molecule has 3 unspecified atom stereocenters. The molecule has 0 aromatic rings. The highest BCUT2D eigenvalue weighted by Crippen LogP contribution is 2.31. The van der Waals surface area contributed by atoms with Crippen LogP contribution in [0, 0.1) is 38.9 Å². The minimum atomic E-state index is -0.0485. The number of nitrogens with one attached hydrogen (secondary N) is 1. The third-order valence-electron chi connectivity index (χ3n) is 7.87. The van der Waals surface area contributed by atoms with Gasteiger partial charge in [-0.1, -0.05) is 48.9 Å². The molecule has 0 amide bonds. The Morgan fingerprint density at radius 1 is 0.810 bits per heavy atom. The lowest BCUT2D eigenvalue weighted by Crippen LogP contribution is -2.39. The molecule has 0 aromatic heterocycles. The second kappa shape index (κ2) is 28.1. The van der Waals surface area contributed by atoms with Crippen LogP contribution in [0.2, 0.25) is 0 Å². The number of rotatable bonds is 6. The summed E-state index contributed by atoms with van der Waals surface area (Å²) in [6.45, 7) is 18.6. The number of hydrogen-bond acceptors (Lipinski definition) is 8. The SMILES string of the molecule is CC1(C#N)CCN(P)CC1.CC1(CN)CCN(P)CC1.CC1(CN)CCNCC1.CCC#N.Cl.PN(CCCl)CCCl. The minimum absolute atomic E-state index is 0. The van der Waals surface area contributed by atoms with Gasteiger partial charge >= 0.3 is 0 Å². The van der Waals surface area contributed by atoms with Gasteiger partial charge in [-0.2, -0.15) is 10.5 Å². The van der Waals surface area contributed by atoms with E-state index in [9.17, 15) is 0 Å². The number of hydrogen-bond donors (Lipinski definition) is 3. The van der Waals surface area contributed by atoms with Crippen molar-refractivity contribution in [1.29, 1.82) is 10.5 Å². The van der Waals surface area contributed by atoms with Crippen molar-refractivity contribution in [2.24, 2.45) is 27.7 Å². The van der Waals surface area contributed by atoms with Gasteiger partial charge < -0.3 is 16.8 Å². The minimum Gasteiger partial charge on any atom is -0.330 e. The maximum atomic E-state index is 8.76. The third kappa shape index (κ3) is 25.1. The molecule has 3 aliphatic rings. The topological polar surface area (TPSA) is 121 Å². The standard InChI is InChI=1S/C7H17N2P.C7H13N2P.C7H16N2.C4H10Cl2NP.C3H5N.ClH/c2*1-7(6-8)2-4-9(10)5-3-7;1-7(6-8)2-4-9-5-3-7;5-1-3-7(8)4-2-6;1-2-3-4;/h2-6,8,10H2,1H3;2-5,10H2,1H3;9H,2-6,8H2,1H3;1-4,8H2;2H2,1H3;1H. The summed E-state index contributed by atoms with van der Waals surface area (Å²) in [5.74, 6) is 1.33. The van der Waals surface area contributed by atoms with Gasteiger partial charge in [0.15, 0.2) is 0 Å². The molecule has 3 aliphatic heterocycles. The predicted octanol–water partition coefficient (Wildman–Crippen LogP) is 5.47. The molecule has 3 fully saturated rings. The average molecular weight is 710 g/mol. The van der Waals surface area contributed by atoms with Crippen LogP contribution in [0.25, 0.3) is 0 Å². The van der Waals surface area contributed by atoms with Gasteiger partial charge in [-0.25, -0.2) is 0 Å². The number of alkyl halides is 2. The van der Waals surface area contributed by atoms with E-state index in [1.807, 2.05) is 24.6 Å². The molecule has 3 saturated heterocycles. The van der Waals surface area contributed by atoms with Crippen LogP contribution in [0.4, 0.5) is 0 Å². The highest BCUT2D eigenvalue weighted by molar-refractivity contribution is 7.13. The van der Waals surface area contributed by atoms with E-state index in [2.05, 4.69) is 62.7 Å². The molecular weight excluding hydrogens is 648 g/mol. The summed E-state index contributed by atoms with van der Waals surface area (Å²) in [6.07, 6.45) is 7.60. The van der Waals surface area contributed by atoms with Crippen molar-refractivity contribution in [3.63, 3.8) is 0 Å². The summed E-state index contributed by atoms with van der Waals surface area (Å²) in [4.78, 5) is 0. The van der Waals surface area contributed by atoms with Gasteiger partial charge in [0.05, 0.1) is 17.6 Å². The summed E-state index contributed by atoms with van der Waals surface area (Å²) in [6, 6.07) is 4.30. The van der Waals surface area contributed by atoms with Crippen LogP contribution in [0.15, 0.2) is 0 Å². The average Bonchev–Trinajstić information content (AvgIpc) is 2.98. The molecule has 250 valence electrons. The van der Waals surface area contributed by atoms with E-state index < -0.39 is 0 Å². The van der Waals surface area contributed by atoms with Crippen LogP contribution < -0.4 is 16.8 Å². The first-order valence-electron chi connectivity index (χ1n) is 14.8. The fourth-order valence-electron chi connectivity index (χ4n) is 3.96. The van der Waals surface area contributed by atoms with E-state index in [1.165, 1.54) is 38.8 Å². The molecule has 5 N–H and O–H groups in total. The van der Waals surface area contributed by atoms with Crippen molar-refractivity contribution in [3.8, 4) is 12.1 Å². The van der Waals surface area contributed by atoms with Crippen LogP contribution in [0.1, 0.15) is 72.6 Å². The second-order valence-corrected chi connectivity index (χ2v) is 14.9. The van der Waals surface area contributed by atoms with E-state index in [4.69, 9.17) is 45.2 Å². The normalized spacial score (nSPS) is 20.5. The fourth-order valence-corrected chi connectivity index (χ4v) is 5.50. The van der Waals surface area contributed by atoms with Crippen LogP contribution in [-0.2, 0) is 0 Å². The second-order valence-electron chi connectivity index (χ2n) is 11.9. The number of nitriles is 2. The Morgan fingerprint density at radius 2 is 1.17 bits per heavy atom. The lowest BCUT2D eigenvalue weighted by Gasteiger charge is -2.36. The third-order valence-corrected chi connectivity index (χ3v) is 9.76. The molecule has 0 saturated carbocycles. The zero-order valence-electron chi connectivity index (χ0n) is 26.7. The molecule has 0 radical (unpaired) electrons. The van der Waals surface area contributed by atoms with Crippen LogP contribution in [-0.4, -0.2) is 91.2 Å². The van der Waals surface area contributed by atoms with Crippen LogP contribution in [0.3, 0.4) is 0 Å². The predicted molar refractivity (Wildman–Crippen MR) is 197 cm³/mol. The van der Waals surface area contributed by atoms with Crippen LogP contribution in [0.5, 0.6) is 0 Å². The zero-order valence-corrected chi connectivity index (χ0v) is 32.5. The summed E-state index contributed by atoms with van der Waals surface area (Å²) in [5.41, 5.74) is 12.1. The van der Waals surface area contributed by atoms with Crippen molar-refractivity contribution >= 4 is 63.8 Å².